The number of anilines is 2. The zero-order chi connectivity index (χ0) is 18.8. The Morgan fingerprint density at radius 2 is 1.96 bits per heavy atom. The Morgan fingerprint density at radius 1 is 1.19 bits per heavy atom. The molecule has 1 aliphatic rings. The fourth-order valence-corrected chi connectivity index (χ4v) is 4.56. The Morgan fingerprint density at radius 3 is 2.70 bits per heavy atom. The second-order valence-corrected chi connectivity index (χ2v) is 8.48. The number of hydrogen-bond donors (Lipinski definition) is 2. The van der Waals surface area contributed by atoms with E-state index in [-0.39, 0.29) is 18.2 Å². The summed E-state index contributed by atoms with van der Waals surface area (Å²) in [5.41, 5.74) is 3.45. The minimum atomic E-state index is -0.433. The fourth-order valence-electron chi connectivity index (χ4n) is 2.83. The molecule has 1 aliphatic heterocycles. The van der Waals surface area contributed by atoms with Crippen molar-refractivity contribution in [3.63, 3.8) is 0 Å². The maximum atomic E-state index is 12.4. The van der Waals surface area contributed by atoms with Gasteiger partial charge in [0.1, 0.15) is 0 Å². The zero-order valence-electron chi connectivity index (χ0n) is 14.6. The SMILES string of the molecule is Cc1nc(-c2ccc(NC(=O)C[C@H]3Sc4ccccc4NC3=O)cc2)cs1. The zero-order valence-corrected chi connectivity index (χ0v) is 16.2. The third-order valence-electron chi connectivity index (χ3n) is 4.16. The van der Waals surface area contributed by atoms with Gasteiger partial charge in [0, 0.05) is 27.9 Å². The molecule has 136 valence electrons. The number of thioether (sulfide) groups is 1. The molecule has 3 aromatic rings. The third-order valence-corrected chi connectivity index (χ3v) is 6.21. The molecule has 1 atom stereocenters. The fraction of sp³-hybridized carbons (Fsp3) is 0.150. The molecule has 1 aromatic heterocycles. The molecule has 2 N–H and O–H groups in total. The Bertz CT molecular complexity index is 998. The van der Waals surface area contributed by atoms with E-state index in [9.17, 15) is 9.59 Å². The van der Waals surface area contributed by atoms with Gasteiger partial charge in [0.25, 0.3) is 0 Å². The Labute approximate surface area is 165 Å². The number of rotatable bonds is 4. The van der Waals surface area contributed by atoms with Crippen LogP contribution in [0.4, 0.5) is 11.4 Å². The lowest BCUT2D eigenvalue weighted by Crippen LogP contribution is -2.32. The Kier molecular flexibility index (Phi) is 4.96. The predicted octanol–water partition coefficient (Wildman–Crippen LogP) is 4.56. The highest BCUT2D eigenvalue weighted by molar-refractivity contribution is 8.01. The third kappa shape index (κ3) is 4.04. The summed E-state index contributed by atoms with van der Waals surface area (Å²) in [6.45, 7) is 1.97. The summed E-state index contributed by atoms with van der Waals surface area (Å²) in [4.78, 5) is 30.1. The van der Waals surface area contributed by atoms with Gasteiger partial charge in [-0.1, -0.05) is 24.3 Å². The number of amides is 2. The number of aryl methyl sites for hydroxylation is 1. The topological polar surface area (TPSA) is 71.1 Å². The van der Waals surface area contributed by atoms with Gasteiger partial charge in [-0.05, 0) is 31.2 Å². The maximum absolute atomic E-state index is 12.4. The average Bonchev–Trinajstić information content (AvgIpc) is 3.09. The van der Waals surface area contributed by atoms with Crippen LogP contribution >= 0.6 is 23.1 Å². The summed E-state index contributed by atoms with van der Waals surface area (Å²) in [6, 6.07) is 15.2. The van der Waals surface area contributed by atoms with E-state index >= 15 is 0 Å². The van der Waals surface area contributed by atoms with E-state index in [1.54, 1.807) is 11.3 Å². The van der Waals surface area contributed by atoms with Crippen molar-refractivity contribution in [2.75, 3.05) is 10.6 Å². The van der Waals surface area contributed by atoms with E-state index in [1.165, 1.54) is 11.8 Å². The van der Waals surface area contributed by atoms with Gasteiger partial charge in [0.05, 0.1) is 21.6 Å². The van der Waals surface area contributed by atoms with Crippen molar-refractivity contribution in [3.05, 3.63) is 58.9 Å². The van der Waals surface area contributed by atoms with Crippen LogP contribution in [0.15, 0.2) is 58.8 Å². The van der Waals surface area contributed by atoms with Crippen molar-refractivity contribution in [2.45, 2.75) is 23.5 Å². The highest BCUT2D eigenvalue weighted by Crippen LogP contribution is 2.36. The first-order chi connectivity index (χ1) is 13.1. The number of para-hydroxylation sites is 1. The van der Waals surface area contributed by atoms with Crippen molar-refractivity contribution < 1.29 is 9.59 Å². The molecule has 7 heteroatoms. The summed E-state index contributed by atoms with van der Waals surface area (Å²) < 4.78 is 0. The number of benzene rings is 2. The summed E-state index contributed by atoms with van der Waals surface area (Å²) in [7, 11) is 0. The summed E-state index contributed by atoms with van der Waals surface area (Å²) in [6.07, 6.45) is 0.123. The van der Waals surface area contributed by atoms with Gasteiger partial charge >= 0.3 is 0 Å². The van der Waals surface area contributed by atoms with Gasteiger partial charge in [0.15, 0.2) is 0 Å². The van der Waals surface area contributed by atoms with Gasteiger partial charge in [-0.15, -0.1) is 23.1 Å². The van der Waals surface area contributed by atoms with Crippen molar-refractivity contribution >= 4 is 46.3 Å². The molecule has 2 amide bonds. The van der Waals surface area contributed by atoms with Crippen LogP contribution in [0, 0.1) is 6.92 Å². The van der Waals surface area contributed by atoms with Crippen molar-refractivity contribution in [2.24, 2.45) is 0 Å². The smallest absolute Gasteiger partial charge is 0.238 e. The lowest BCUT2D eigenvalue weighted by molar-refractivity contribution is -0.120. The molecule has 5 nitrogen and oxygen atoms in total. The molecule has 0 spiro atoms. The first kappa shape index (κ1) is 17.8. The number of nitrogens with zero attached hydrogens (tertiary/aromatic N) is 1. The minimum absolute atomic E-state index is 0.123. The van der Waals surface area contributed by atoms with Crippen LogP contribution in [0.1, 0.15) is 11.4 Å². The van der Waals surface area contributed by atoms with Gasteiger partial charge < -0.3 is 10.6 Å². The monoisotopic (exact) mass is 395 g/mol. The summed E-state index contributed by atoms with van der Waals surface area (Å²) >= 11 is 3.03. The van der Waals surface area contributed by atoms with Gasteiger partial charge in [-0.2, -0.15) is 0 Å². The van der Waals surface area contributed by atoms with E-state index in [0.717, 1.165) is 26.8 Å². The lowest BCUT2D eigenvalue weighted by atomic mass is 10.1. The van der Waals surface area contributed by atoms with Crippen LogP contribution < -0.4 is 10.6 Å². The second-order valence-electron chi connectivity index (χ2n) is 6.17. The van der Waals surface area contributed by atoms with E-state index in [4.69, 9.17) is 0 Å². The first-order valence-corrected chi connectivity index (χ1v) is 10.2. The molecule has 27 heavy (non-hydrogen) atoms. The molecule has 0 bridgehead atoms. The number of carbonyl (C=O) groups is 2. The van der Waals surface area contributed by atoms with Crippen molar-refractivity contribution in [1.29, 1.82) is 0 Å². The summed E-state index contributed by atoms with van der Waals surface area (Å²) in [5.74, 6) is -0.317. The molecule has 4 rings (SSSR count). The standard InChI is InChI=1S/C20H17N3O2S2/c1-12-21-16(11-26-12)13-6-8-14(9-7-13)22-19(24)10-18-20(25)23-15-4-2-3-5-17(15)27-18/h2-9,11,18H,10H2,1H3,(H,22,24)(H,23,25)/t18-/m1/s1. The molecule has 0 saturated heterocycles. The number of thiazole rings is 1. The summed E-state index contributed by atoms with van der Waals surface area (Å²) in [5, 5.41) is 8.33. The molecule has 2 aromatic carbocycles. The molecule has 0 saturated carbocycles. The number of aromatic nitrogens is 1. The van der Waals surface area contributed by atoms with E-state index in [1.807, 2.05) is 60.8 Å². The normalized spacial score (nSPS) is 15.7. The Balaban J connectivity index is 1.39. The molecule has 2 heterocycles. The highest BCUT2D eigenvalue weighted by atomic mass is 32.2. The van der Waals surface area contributed by atoms with Crippen LogP contribution in [0.2, 0.25) is 0 Å². The van der Waals surface area contributed by atoms with Crippen LogP contribution in [0.25, 0.3) is 11.3 Å². The van der Waals surface area contributed by atoms with Gasteiger partial charge in [-0.25, -0.2) is 4.98 Å². The molecule has 0 fully saturated rings. The van der Waals surface area contributed by atoms with Crippen LogP contribution in [-0.4, -0.2) is 22.0 Å². The largest absolute Gasteiger partial charge is 0.326 e. The molecule has 0 unspecified atom stereocenters. The van der Waals surface area contributed by atoms with Crippen LogP contribution in [-0.2, 0) is 9.59 Å². The van der Waals surface area contributed by atoms with Crippen molar-refractivity contribution in [3.8, 4) is 11.3 Å². The Hall–Kier alpha value is -2.64. The minimum Gasteiger partial charge on any atom is -0.326 e. The van der Waals surface area contributed by atoms with Crippen molar-refractivity contribution in [1.82, 2.24) is 4.98 Å². The molecular formula is C20H17N3O2S2. The first-order valence-electron chi connectivity index (χ1n) is 8.47. The molecule has 0 radical (unpaired) electrons. The van der Waals surface area contributed by atoms with E-state index in [2.05, 4.69) is 15.6 Å². The quantitative estimate of drug-likeness (QED) is 0.679. The molecular weight excluding hydrogens is 378 g/mol. The number of carbonyl (C=O) groups excluding carboxylic acids is 2. The number of hydrogen-bond acceptors (Lipinski definition) is 5. The number of fused-ring (bicyclic) bond motifs is 1. The van der Waals surface area contributed by atoms with Crippen LogP contribution in [0.5, 0.6) is 0 Å². The second kappa shape index (κ2) is 7.54. The highest BCUT2D eigenvalue weighted by Gasteiger charge is 2.28. The van der Waals surface area contributed by atoms with E-state index in [0.29, 0.717) is 5.69 Å². The predicted molar refractivity (Wildman–Crippen MR) is 110 cm³/mol. The average molecular weight is 396 g/mol. The molecule has 0 aliphatic carbocycles. The van der Waals surface area contributed by atoms with Gasteiger partial charge in [-0.3, -0.25) is 9.59 Å². The van der Waals surface area contributed by atoms with E-state index < -0.39 is 5.25 Å². The number of nitrogens with one attached hydrogen (secondary N) is 2. The van der Waals surface area contributed by atoms with Crippen LogP contribution in [0.3, 0.4) is 0 Å². The maximum Gasteiger partial charge on any atom is 0.238 e. The lowest BCUT2D eigenvalue weighted by Gasteiger charge is -2.23. The van der Waals surface area contributed by atoms with Gasteiger partial charge in [0.2, 0.25) is 11.8 Å².